The number of anilines is 2. The number of nitrogens with one attached hydrogen (secondary N) is 2. The molecule has 7 nitrogen and oxygen atoms in total. The van der Waals surface area contributed by atoms with Crippen LogP contribution in [0.25, 0.3) is 11.6 Å². The molecule has 3 aromatic rings. The Morgan fingerprint density at radius 1 is 1.24 bits per heavy atom. The van der Waals surface area contributed by atoms with Gasteiger partial charge in [-0.15, -0.1) is 10.2 Å². The molecular weight excluding hydrogens is 387 g/mol. The molecule has 0 radical (unpaired) electrons. The van der Waals surface area contributed by atoms with E-state index in [1.807, 2.05) is 0 Å². The fourth-order valence-corrected chi connectivity index (χ4v) is 2.90. The summed E-state index contributed by atoms with van der Waals surface area (Å²) >= 11 is 0. The van der Waals surface area contributed by atoms with Gasteiger partial charge in [0.05, 0.1) is 11.3 Å². The van der Waals surface area contributed by atoms with Crippen LogP contribution in [-0.2, 0) is 16.4 Å². The van der Waals surface area contributed by atoms with Crippen LogP contribution in [0, 0.1) is 0 Å². The predicted molar refractivity (Wildman–Crippen MR) is 97.2 cm³/mol. The van der Waals surface area contributed by atoms with Crippen LogP contribution in [0.2, 0.25) is 0 Å². The highest BCUT2D eigenvalue weighted by Gasteiger charge is 2.44. The third kappa shape index (κ3) is 3.53. The molecule has 0 aliphatic carbocycles. The van der Waals surface area contributed by atoms with E-state index < -0.39 is 29.9 Å². The summed E-state index contributed by atoms with van der Waals surface area (Å²) in [4.78, 5) is 16.6. The van der Waals surface area contributed by atoms with Gasteiger partial charge < -0.3 is 15.1 Å². The molecule has 1 aliphatic heterocycles. The lowest BCUT2D eigenvalue weighted by Crippen LogP contribution is -2.32. The monoisotopic (exact) mass is 406 g/mol. The Morgan fingerprint density at radius 3 is 2.69 bits per heavy atom. The van der Waals surface area contributed by atoms with Gasteiger partial charge in [-0.25, -0.2) is 4.98 Å². The van der Waals surface area contributed by atoms with Gasteiger partial charge in [-0.2, -0.15) is 13.2 Å². The number of carbonyl (C=O) groups is 1. The number of benzene rings is 1. The van der Waals surface area contributed by atoms with Crippen molar-refractivity contribution in [2.75, 3.05) is 11.9 Å². The van der Waals surface area contributed by atoms with E-state index in [2.05, 4.69) is 25.8 Å². The Balaban J connectivity index is 1.67. The van der Waals surface area contributed by atoms with Crippen molar-refractivity contribution >= 4 is 17.3 Å². The molecule has 2 aromatic heterocycles. The first-order valence-corrected chi connectivity index (χ1v) is 8.54. The molecule has 4 rings (SSSR count). The normalized spacial score (nSPS) is 21.2. The molecule has 0 unspecified atom stereocenters. The Bertz CT molecular complexity index is 1150. The Hall–Kier alpha value is -3.43. The number of hydrogen-bond donors (Lipinski definition) is 2. The number of carbonyl (C=O) groups excluding carboxylic acids is 1. The standard InChI is InChI=1S/C19H16F3N5O2/c1-18(8-10-24-16(18)28)17-27-26-15(29-17)14-13(3-2-9-23-14)25-12-6-4-11(5-7-12)19(20,21)22/h2-7,9,25H,8,10H2,1H3,(H,24,28)/t18-/m1/s1/i1D3. The van der Waals surface area contributed by atoms with Crippen LogP contribution >= 0.6 is 0 Å². The van der Waals surface area contributed by atoms with Gasteiger partial charge in [0.15, 0.2) is 5.69 Å². The highest BCUT2D eigenvalue weighted by molar-refractivity contribution is 5.88. The summed E-state index contributed by atoms with van der Waals surface area (Å²) in [6.45, 7) is -2.57. The van der Waals surface area contributed by atoms with Crippen LogP contribution in [0.1, 0.15) is 28.8 Å². The van der Waals surface area contributed by atoms with E-state index in [4.69, 9.17) is 8.53 Å². The lowest BCUT2D eigenvalue weighted by Gasteiger charge is -2.14. The topological polar surface area (TPSA) is 92.9 Å². The maximum atomic E-state index is 12.8. The summed E-state index contributed by atoms with van der Waals surface area (Å²) in [5.74, 6) is -1.22. The molecule has 1 fully saturated rings. The van der Waals surface area contributed by atoms with Gasteiger partial charge in [0, 0.05) is 22.5 Å². The largest absolute Gasteiger partial charge is 0.418 e. The van der Waals surface area contributed by atoms with Crippen LogP contribution in [-0.4, -0.2) is 27.6 Å². The molecule has 0 spiro atoms. The molecule has 1 atom stereocenters. The zero-order valence-corrected chi connectivity index (χ0v) is 14.7. The first-order chi connectivity index (χ1) is 15.0. The van der Waals surface area contributed by atoms with E-state index >= 15 is 0 Å². The van der Waals surface area contributed by atoms with Crippen LogP contribution in [0.5, 0.6) is 0 Å². The number of nitrogens with zero attached hydrogens (tertiary/aromatic N) is 3. The van der Waals surface area contributed by atoms with Crippen molar-refractivity contribution in [2.24, 2.45) is 0 Å². The van der Waals surface area contributed by atoms with Crippen LogP contribution in [0.3, 0.4) is 0 Å². The maximum Gasteiger partial charge on any atom is 0.416 e. The SMILES string of the molecule is [2H]C([2H])([2H])[C@@]1(c2nnc(-c3ncccc3Nc3ccc(C(F)(F)F)cc3)o2)CCNC1=O. The molecule has 1 aromatic carbocycles. The summed E-state index contributed by atoms with van der Waals surface area (Å²) in [5.41, 5.74) is -1.93. The minimum atomic E-state index is -4.45. The molecule has 0 bridgehead atoms. The van der Waals surface area contributed by atoms with E-state index in [1.54, 1.807) is 12.1 Å². The Kier molecular flexibility index (Phi) is 3.67. The fourth-order valence-electron chi connectivity index (χ4n) is 2.90. The van der Waals surface area contributed by atoms with E-state index in [1.165, 1.54) is 18.3 Å². The number of alkyl halides is 3. The first-order valence-electron chi connectivity index (χ1n) is 10.0. The van der Waals surface area contributed by atoms with Crippen molar-refractivity contribution in [3.63, 3.8) is 0 Å². The molecule has 3 heterocycles. The molecule has 29 heavy (non-hydrogen) atoms. The van der Waals surface area contributed by atoms with Crippen molar-refractivity contribution in [3.05, 3.63) is 54.0 Å². The summed E-state index contributed by atoms with van der Waals surface area (Å²) < 4.78 is 67.5. The fraction of sp³-hybridized carbons (Fsp3) is 0.263. The molecular formula is C19H16F3N5O2. The van der Waals surface area contributed by atoms with Crippen molar-refractivity contribution in [3.8, 4) is 11.6 Å². The van der Waals surface area contributed by atoms with Gasteiger partial charge in [-0.1, -0.05) is 0 Å². The Labute approximate surface area is 167 Å². The van der Waals surface area contributed by atoms with E-state index in [-0.39, 0.29) is 30.4 Å². The lowest BCUT2D eigenvalue weighted by atomic mass is 9.89. The number of pyridine rings is 1. The summed E-state index contributed by atoms with van der Waals surface area (Å²) in [5, 5.41) is 13.1. The molecule has 10 heteroatoms. The predicted octanol–water partition coefficient (Wildman–Crippen LogP) is 3.67. The molecule has 1 amide bonds. The van der Waals surface area contributed by atoms with Crippen molar-refractivity contribution < 1.29 is 26.5 Å². The molecule has 150 valence electrons. The van der Waals surface area contributed by atoms with E-state index in [0.717, 1.165) is 12.1 Å². The second kappa shape index (κ2) is 6.87. The molecule has 2 N–H and O–H groups in total. The molecule has 0 saturated carbocycles. The zero-order chi connectivity index (χ0) is 23.1. The van der Waals surface area contributed by atoms with Crippen LogP contribution in [0.15, 0.2) is 47.0 Å². The highest BCUT2D eigenvalue weighted by Crippen LogP contribution is 2.34. The Morgan fingerprint density at radius 2 is 2.03 bits per heavy atom. The van der Waals surface area contributed by atoms with Gasteiger partial charge >= 0.3 is 6.18 Å². The average molecular weight is 406 g/mol. The average Bonchev–Trinajstić information content (AvgIpc) is 3.35. The number of rotatable bonds is 4. The van der Waals surface area contributed by atoms with E-state index in [0.29, 0.717) is 11.4 Å². The molecule has 1 aliphatic rings. The summed E-state index contributed by atoms with van der Waals surface area (Å²) in [6.07, 6.45) is -3.06. The zero-order valence-electron chi connectivity index (χ0n) is 17.7. The second-order valence-electron chi connectivity index (χ2n) is 6.42. The van der Waals surface area contributed by atoms with Gasteiger partial charge in [0.2, 0.25) is 11.8 Å². The maximum absolute atomic E-state index is 12.8. The van der Waals surface area contributed by atoms with Crippen LogP contribution < -0.4 is 10.6 Å². The lowest BCUT2D eigenvalue weighted by molar-refractivity contribution is -0.137. The number of amides is 1. The van der Waals surface area contributed by atoms with Gasteiger partial charge in [0.25, 0.3) is 5.89 Å². The number of hydrogen-bond acceptors (Lipinski definition) is 6. The molecule has 1 saturated heterocycles. The third-order valence-corrected chi connectivity index (χ3v) is 4.46. The number of aromatic nitrogens is 3. The van der Waals surface area contributed by atoms with E-state index in [9.17, 15) is 18.0 Å². The van der Waals surface area contributed by atoms with Crippen molar-refractivity contribution in [1.29, 1.82) is 0 Å². The van der Waals surface area contributed by atoms with Crippen LogP contribution in [0.4, 0.5) is 24.5 Å². The minimum Gasteiger partial charge on any atom is -0.418 e. The van der Waals surface area contributed by atoms with Crippen molar-refractivity contribution in [2.45, 2.75) is 24.9 Å². The van der Waals surface area contributed by atoms with Gasteiger partial charge in [-0.05, 0) is 49.7 Å². The quantitative estimate of drug-likeness (QED) is 0.687. The van der Waals surface area contributed by atoms with Gasteiger partial charge in [0.1, 0.15) is 5.41 Å². The van der Waals surface area contributed by atoms with Gasteiger partial charge in [-0.3, -0.25) is 4.79 Å². The summed E-state index contributed by atoms with van der Waals surface area (Å²) in [6, 6.07) is 7.55. The summed E-state index contributed by atoms with van der Waals surface area (Å²) in [7, 11) is 0. The first kappa shape index (κ1) is 15.5. The second-order valence-corrected chi connectivity index (χ2v) is 6.42. The third-order valence-electron chi connectivity index (χ3n) is 4.46. The smallest absolute Gasteiger partial charge is 0.416 e. The number of halogens is 3. The van der Waals surface area contributed by atoms with Crippen molar-refractivity contribution in [1.82, 2.24) is 20.5 Å². The minimum absolute atomic E-state index is 0.0388. The highest BCUT2D eigenvalue weighted by atomic mass is 19.4.